The fraction of sp³-hybridized carbons (Fsp3) is 0.188. The normalized spacial score (nSPS) is 10.3. The molecule has 0 aliphatic rings. The van der Waals surface area contributed by atoms with Gasteiger partial charge in [0.1, 0.15) is 5.75 Å². The lowest BCUT2D eigenvalue weighted by atomic mass is 10.1. The summed E-state index contributed by atoms with van der Waals surface area (Å²) in [7, 11) is 3.33. The van der Waals surface area contributed by atoms with E-state index in [1.54, 1.807) is 31.2 Å². The van der Waals surface area contributed by atoms with Gasteiger partial charge >= 0.3 is 0 Å². The van der Waals surface area contributed by atoms with Crippen LogP contribution in [0.5, 0.6) is 5.75 Å². The highest BCUT2D eigenvalue weighted by atomic mass is 79.9. The van der Waals surface area contributed by atoms with Crippen molar-refractivity contribution in [3.8, 4) is 5.75 Å². The minimum absolute atomic E-state index is 0.117. The van der Waals surface area contributed by atoms with Crippen LogP contribution in [-0.2, 0) is 0 Å². The van der Waals surface area contributed by atoms with Crippen molar-refractivity contribution in [3.05, 3.63) is 52.0 Å². The third-order valence-electron chi connectivity index (χ3n) is 3.39. The van der Waals surface area contributed by atoms with Crippen molar-refractivity contribution in [1.29, 1.82) is 0 Å². The van der Waals surface area contributed by atoms with E-state index < -0.39 is 0 Å². The second-order valence-electron chi connectivity index (χ2n) is 4.73. The molecule has 0 saturated carbocycles. The number of ether oxygens (including phenoxy) is 1. The minimum Gasteiger partial charge on any atom is -0.497 e. The number of carbonyl (C=O) groups is 1. The summed E-state index contributed by atoms with van der Waals surface area (Å²) in [5.74, 6) is 0.589. The molecule has 110 valence electrons. The van der Waals surface area contributed by atoms with Gasteiger partial charge in [-0.15, -0.1) is 0 Å². The average Bonchev–Trinajstić information content (AvgIpc) is 2.49. The number of hydrogen-bond acceptors (Lipinski definition) is 3. The van der Waals surface area contributed by atoms with Crippen LogP contribution in [0.3, 0.4) is 0 Å². The molecular formula is C16H17BrN2O2. The Kier molecular flexibility index (Phi) is 4.53. The summed E-state index contributed by atoms with van der Waals surface area (Å²) < 4.78 is 5.97. The van der Waals surface area contributed by atoms with Gasteiger partial charge in [-0.25, -0.2) is 0 Å². The van der Waals surface area contributed by atoms with E-state index in [-0.39, 0.29) is 5.91 Å². The summed E-state index contributed by atoms with van der Waals surface area (Å²) in [5.41, 5.74) is 8.63. The van der Waals surface area contributed by atoms with Gasteiger partial charge < -0.3 is 15.4 Å². The Bertz CT molecular complexity index is 686. The van der Waals surface area contributed by atoms with Gasteiger partial charge in [0, 0.05) is 34.5 Å². The number of halogens is 1. The highest BCUT2D eigenvalue weighted by Gasteiger charge is 2.18. The molecule has 4 nitrogen and oxygen atoms in total. The molecule has 0 spiro atoms. The second kappa shape index (κ2) is 6.18. The molecule has 0 aliphatic carbocycles. The van der Waals surface area contributed by atoms with E-state index in [2.05, 4.69) is 15.9 Å². The number of carbonyl (C=O) groups excluding carboxylic acids is 1. The van der Waals surface area contributed by atoms with Crippen molar-refractivity contribution in [3.63, 3.8) is 0 Å². The topological polar surface area (TPSA) is 55.6 Å². The number of anilines is 2. The van der Waals surface area contributed by atoms with Gasteiger partial charge in [0.05, 0.1) is 7.11 Å². The van der Waals surface area contributed by atoms with Crippen LogP contribution in [0.2, 0.25) is 0 Å². The highest BCUT2D eigenvalue weighted by Crippen LogP contribution is 2.26. The van der Waals surface area contributed by atoms with E-state index in [1.165, 1.54) is 0 Å². The number of amides is 1. The summed E-state index contributed by atoms with van der Waals surface area (Å²) in [6.07, 6.45) is 0. The van der Waals surface area contributed by atoms with Crippen LogP contribution in [0.1, 0.15) is 15.9 Å². The van der Waals surface area contributed by atoms with Crippen molar-refractivity contribution in [2.45, 2.75) is 6.92 Å². The molecule has 2 N–H and O–H groups in total. The monoisotopic (exact) mass is 348 g/mol. The molecule has 0 saturated heterocycles. The molecule has 2 aromatic rings. The maximum absolute atomic E-state index is 12.7. The van der Waals surface area contributed by atoms with Crippen LogP contribution in [0.25, 0.3) is 0 Å². The lowest BCUT2D eigenvalue weighted by Gasteiger charge is -2.20. The molecule has 0 aromatic heterocycles. The molecule has 1 amide bonds. The minimum atomic E-state index is -0.117. The predicted molar refractivity (Wildman–Crippen MR) is 89.0 cm³/mol. The molecule has 2 rings (SSSR count). The van der Waals surface area contributed by atoms with Crippen LogP contribution in [0.4, 0.5) is 11.4 Å². The predicted octanol–water partition coefficient (Wildman–Crippen LogP) is 3.62. The van der Waals surface area contributed by atoms with E-state index in [4.69, 9.17) is 10.5 Å². The van der Waals surface area contributed by atoms with Gasteiger partial charge in [-0.05, 0) is 36.8 Å². The number of nitrogen functional groups attached to an aromatic ring is 1. The molecule has 5 heteroatoms. The quantitative estimate of drug-likeness (QED) is 0.861. The third-order valence-corrected chi connectivity index (χ3v) is 3.85. The molecule has 0 atom stereocenters. The molecule has 0 unspecified atom stereocenters. The van der Waals surface area contributed by atoms with Gasteiger partial charge in [0.25, 0.3) is 5.91 Å². The van der Waals surface area contributed by atoms with Crippen molar-refractivity contribution >= 4 is 33.2 Å². The summed E-state index contributed by atoms with van der Waals surface area (Å²) in [6.45, 7) is 1.84. The number of benzene rings is 2. The summed E-state index contributed by atoms with van der Waals surface area (Å²) in [4.78, 5) is 14.3. The zero-order chi connectivity index (χ0) is 15.6. The van der Waals surface area contributed by atoms with Crippen LogP contribution in [0.15, 0.2) is 40.9 Å². The van der Waals surface area contributed by atoms with E-state index in [0.717, 1.165) is 15.7 Å². The average molecular weight is 349 g/mol. The Morgan fingerprint density at radius 1 is 1.29 bits per heavy atom. The number of nitrogens with zero attached hydrogens (tertiary/aromatic N) is 1. The first-order valence-electron chi connectivity index (χ1n) is 6.41. The first-order valence-corrected chi connectivity index (χ1v) is 7.21. The SMILES string of the molecule is COc1cccc(N(C)C(=O)c2cc(Br)cc(N)c2C)c1. The number of methoxy groups -OCH3 is 1. The van der Waals surface area contributed by atoms with Crippen LogP contribution < -0.4 is 15.4 Å². The van der Waals surface area contributed by atoms with Crippen LogP contribution in [0, 0.1) is 6.92 Å². The fourth-order valence-electron chi connectivity index (χ4n) is 2.04. The third kappa shape index (κ3) is 3.19. The molecule has 21 heavy (non-hydrogen) atoms. The zero-order valence-corrected chi connectivity index (χ0v) is 13.8. The van der Waals surface area contributed by atoms with E-state index in [1.807, 2.05) is 31.2 Å². The van der Waals surface area contributed by atoms with Gasteiger partial charge in [-0.1, -0.05) is 22.0 Å². The Labute approximate surface area is 132 Å². The molecule has 0 heterocycles. The van der Waals surface area contributed by atoms with E-state index in [0.29, 0.717) is 17.0 Å². The Balaban J connectivity index is 2.39. The summed E-state index contributed by atoms with van der Waals surface area (Å²) >= 11 is 3.37. The molecule has 0 aliphatic heterocycles. The van der Waals surface area contributed by atoms with Gasteiger partial charge in [0.2, 0.25) is 0 Å². The smallest absolute Gasteiger partial charge is 0.258 e. The standard InChI is InChI=1S/C16H17BrN2O2/c1-10-14(7-11(17)8-15(10)18)16(20)19(2)12-5-4-6-13(9-12)21-3/h4-9H,18H2,1-3H3. The molecule has 0 radical (unpaired) electrons. The lowest BCUT2D eigenvalue weighted by Crippen LogP contribution is -2.27. The molecule has 0 bridgehead atoms. The number of nitrogens with two attached hydrogens (primary N) is 1. The Morgan fingerprint density at radius 3 is 2.67 bits per heavy atom. The number of rotatable bonds is 3. The van der Waals surface area contributed by atoms with Crippen LogP contribution >= 0.6 is 15.9 Å². The Hall–Kier alpha value is -2.01. The van der Waals surface area contributed by atoms with E-state index >= 15 is 0 Å². The molecular weight excluding hydrogens is 332 g/mol. The van der Waals surface area contributed by atoms with Gasteiger partial charge in [-0.2, -0.15) is 0 Å². The second-order valence-corrected chi connectivity index (χ2v) is 5.65. The molecule has 0 fully saturated rings. The Morgan fingerprint density at radius 2 is 2.00 bits per heavy atom. The van der Waals surface area contributed by atoms with Crippen molar-refractivity contribution in [2.75, 3.05) is 24.8 Å². The molecule has 2 aromatic carbocycles. The summed E-state index contributed by atoms with van der Waals surface area (Å²) in [5, 5.41) is 0. The van der Waals surface area contributed by atoms with Crippen molar-refractivity contribution in [1.82, 2.24) is 0 Å². The number of hydrogen-bond donors (Lipinski definition) is 1. The largest absolute Gasteiger partial charge is 0.497 e. The zero-order valence-electron chi connectivity index (χ0n) is 12.2. The van der Waals surface area contributed by atoms with Gasteiger partial charge in [-0.3, -0.25) is 4.79 Å². The fourth-order valence-corrected chi connectivity index (χ4v) is 2.51. The van der Waals surface area contributed by atoms with Crippen LogP contribution in [-0.4, -0.2) is 20.1 Å². The highest BCUT2D eigenvalue weighted by molar-refractivity contribution is 9.10. The lowest BCUT2D eigenvalue weighted by molar-refractivity contribution is 0.0992. The maximum atomic E-state index is 12.7. The maximum Gasteiger partial charge on any atom is 0.258 e. The summed E-state index contributed by atoms with van der Waals surface area (Å²) in [6, 6.07) is 10.9. The van der Waals surface area contributed by atoms with Crippen molar-refractivity contribution in [2.24, 2.45) is 0 Å². The first kappa shape index (κ1) is 15.4. The van der Waals surface area contributed by atoms with E-state index in [9.17, 15) is 4.79 Å². The van der Waals surface area contributed by atoms with Gasteiger partial charge in [0.15, 0.2) is 0 Å². The van der Waals surface area contributed by atoms with Crippen molar-refractivity contribution < 1.29 is 9.53 Å². The first-order chi connectivity index (χ1) is 9.93.